The molecule has 0 bridgehead atoms. The maximum absolute atomic E-state index is 10.00. The summed E-state index contributed by atoms with van der Waals surface area (Å²) in [6.45, 7) is -2.32. The lowest BCUT2D eigenvalue weighted by atomic mass is 9.99. The van der Waals surface area contributed by atoms with Gasteiger partial charge in [0.05, 0.1) is 13.2 Å². The summed E-state index contributed by atoms with van der Waals surface area (Å²) in [6, 6.07) is 0. The molecule has 2 saturated heterocycles. The lowest BCUT2D eigenvalue weighted by molar-refractivity contribution is -0.383. The summed E-state index contributed by atoms with van der Waals surface area (Å²) in [5.74, 6) is -2.22. The van der Waals surface area contributed by atoms with Gasteiger partial charge in [-0.2, -0.15) is 0 Å². The molecule has 8 N–H and O–H groups in total. The predicted octanol–water partition coefficient (Wildman–Crippen LogP) is -6.58. The summed E-state index contributed by atoms with van der Waals surface area (Å²) >= 11 is 0. The fourth-order valence-electron chi connectivity index (χ4n) is 2.63. The third kappa shape index (κ3) is 3.77. The fraction of sp³-hybridized carbons (Fsp3) is 1.00. The van der Waals surface area contributed by atoms with Crippen molar-refractivity contribution in [3.63, 3.8) is 0 Å². The molecule has 24 heavy (non-hydrogen) atoms. The zero-order chi connectivity index (χ0) is 17.4. The van der Waals surface area contributed by atoms with Crippen molar-refractivity contribution in [3.8, 4) is 0 Å². The van der Waals surface area contributed by atoms with Gasteiger partial charge in [-0.05, 0) is 0 Å². The number of aliphatic hydroxyl groups excluding tert-OH is 8. The van der Waals surface area contributed by atoms with E-state index in [1.165, 1.54) is 0 Å². The van der Waals surface area contributed by atoms with E-state index in [4.69, 9.17) is 24.4 Å². The normalized spacial score (nSPS) is 49.0. The Morgan fingerprint density at radius 2 is 1.38 bits per heavy atom. The Balaban J connectivity index is 0.00000288. The second kappa shape index (κ2) is 8.65. The van der Waals surface area contributed by atoms with E-state index in [0.717, 1.165) is 0 Å². The molecular formula is C12H25AlO11. The van der Waals surface area contributed by atoms with Crippen LogP contribution in [0.3, 0.4) is 0 Å². The Hall–Kier alpha value is 0.0925. The Morgan fingerprint density at radius 3 is 1.83 bits per heavy atom. The first kappa shape index (κ1) is 22.1. The van der Waals surface area contributed by atoms with Crippen LogP contribution in [0.25, 0.3) is 0 Å². The number of aliphatic hydroxyl groups is 8. The summed E-state index contributed by atoms with van der Waals surface area (Å²) < 4.78 is 15.4. The van der Waals surface area contributed by atoms with E-state index in [-0.39, 0.29) is 17.4 Å². The zero-order valence-corrected chi connectivity index (χ0v) is 12.0. The molecule has 11 nitrogen and oxygen atoms in total. The largest absolute Gasteiger partial charge is 0.394 e. The molecule has 2 rings (SSSR count). The van der Waals surface area contributed by atoms with Crippen LogP contribution in [0.15, 0.2) is 0 Å². The van der Waals surface area contributed by atoms with Gasteiger partial charge in [0.25, 0.3) is 0 Å². The lowest BCUT2D eigenvalue weighted by Gasteiger charge is -2.43. The summed E-state index contributed by atoms with van der Waals surface area (Å²) in [7, 11) is 0. The highest BCUT2D eigenvalue weighted by Gasteiger charge is 2.58. The van der Waals surface area contributed by atoms with Crippen molar-refractivity contribution in [2.75, 3.05) is 19.8 Å². The maximum Gasteiger partial charge on any atom is 0.224 e. The topological polar surface area (TPSA) is 190 Å². The highest BCUT2D eigenvalue weighted by Crippen LogP contribution is 2.35. The van der Waals surface area contributed by atoms with E-state index >= 15 is 0 Å². The monoisotopic (exact) mass is 372 g/mol. The van der Waals surface area contributed by atoms with Crippen LogP contribution in [0.4, 0.5) is 0 Å². The first-order valence-electron chi connectivity index (χ1n) is 7.05. The number of hydrogen-bond donors (Lipinski definition) is 8. The van der Waals surface area contributed by atoms with Crippen molar-refractivity contribution >= 4 is 17.4 Å². The molecule has 2 fully saturated rings. The first-order chi connectivity index (χ1) is 10.8. The highest BCUT2D eigenvalue weighted by molar-refractivity contribution is 5.75. The van der Waals surface area contributed by atoms with E-state index in [9.17, 15) is 30.6 Å². The molecule has 0 amide bonds. The maximum atomic E-state index is 10.00. The molecule has 2 aliphatic heterocycles. The van der Waals surface area contributed by atoms with Gasteiger partial charge >= 0.3 is 0 Å². The van der Waals surface area contributed by atoms with Gasteiger partial charge in [-0.1, -0.05) is 0 Å². The third-order valence-electron chi connectivity index (χ3n) is 4.07. The molecule has 0 saturated carbocycles. The van der Waals surface area contributed by atoms with E-state index in [0.29, 0.717) is 0 Å². The van der Waals surface area contributed by atoms with Gasteiger partial charge in [0, 0.05) is 0 Å². The van der Waals surface area contributed by atoms with Crippen LogP contribution >= 0.6 is 0 Å². The Kier molecular flexibility index (Phi) is 7.98. The molecule has 0 aromatic heterocycles. The van der Waals surface area contributed by atoms with Gasteiger partial charge in [-0.15, -0.1) is 0 Å². The molecule has 0 radical (unpaired) electrons. The van der Waals surface area contributed by atoms with Gasteiger partial charge in [0.1, 0.15) is 49.3 Å². The van der Waals surface area contributed by atoms with Crippen LogP contribution in [0, 0.1) is 0 Å². The molecule has 2 heterocycles. The Bertz CT molecular complexity index is 399. The second-order valence-corrected chi connectivity index (χ2v) is 5.56. The van der Waals surface area contributed by atoms with Crippen molar-refractivity contribution < 1.29 is 55.1 Å². The smallest absolute Gasteiger partial charge is 0.224 e. The van der Waals surface area contributed by atoms with Crippen LogP contribution < -0.4 is 0 Å². The number of rotatable bonds is 5. The minimum atomic E-state index is -2.22. The SMILES string of the molecule is OC[C@H]1O[C@@](CO)(O[C@H]2O[C@H](CO)[C@@H](O)[C@H](O)[C@H]2O)[C@@H](O)[C@@H]1O.[AlH3]. The minimum absolute atomic E-state index is 0. The van der Waals surface area contributed by atoms with E-state index < -0.39 is 74.6 Å². The number of ether oxygens (including phenoxy) is 3. The van der Waals surface area contributed by atoms with Gasteiger partial charge < -0.3 is 55.1 Å². The standard InChI is InChI=1S/C12H22O11.Al.3H/c13-1-4-6(16)8(18)9(19)11(21-4)23-12(3-15)10(20)7(17)5(2-14)22-12;;;;/h4-11,13-20H,1-3H2;;;;/t4-,5-,6-,7-,8+,9-,10+,11-,12+;;;;/m1..../s1. The van der Waals surface area contributed by atoms with Crippen molar-refractivity contribution in [1.82, 2.24) is 0 Å². The van der Waals surface area contributed by atoms with Crippen LogP contribution in [0.1, 0.15) is 0 Å². The zero-order valence-electron chi connectivity index (χ0n) is 12.0. The molecule has 0 spiro atoms. The Morgan fingerprint density at radius 1 is 0.792 bits per heavy atom. The molecule has 0 unspecified atom stereocenters. The number of hydrogen-bond acceptors (Lipinski definition) is 11. The van der Waals surface area contributed by atoms with E-state index in [2.05, 4.69) is 0 Å². The second-order valence-electron chi connectivity index (χ2n) is 5.56. The Labute approximate surface area is 147 Å². The quantitative estimate of drug-likeness (QED) is 0.214. The van der Waals surface area contributed by atoms with Crippen molar-refractivity contribution in [1.29, 1.82) is 0 Å². The van der Waals surface area contributed by atoms with Gasteiger partial charge in [0.15, 0.2) is 23.7 Å². The lowest BCUT2D eigenvalue weighted by Crippen LogP contribution is -2.62. The van der Waals surface area contributed by atoms with Crippen LogP contribution in [0.2, 0.25) is 0 Å². The molecule has 0 aromatic rings. The molecule has 9 atom stereocenters. The molecular weight excluding hydrogens is 347 g/mol. The summed E-state index contributed by atoms with van der Waals surface area (Å²) in [5, 5.41) is 76.7. The van der Waals surface area contributed by atoms with Crippen molar-refractivity contribution in [2.24, 2.45) is 0 Å². The van der Waals surface area contributed by atoms with E-state index in [1.54, 1.807) is 0 Å². The van der Waals surface area contributed by atoms with Crippen LogP contribution in [-0.2, 0) is 14.2 Å². The van der Waals surface area contributed by atoms with Crippen LogP contribution in [-0.4, -0.2) is 133 Å². The molecule has 0 aliphatic carbocycles. The summed E-state index contributed by atoms with van der Waals surface area (Å²) in [6.07, 6.45) is -12.7. The predicted molar refractivity (Wildman–Crippen MR) is 78.6 cm³/mol. The molecule has 2 aliphatic rings. The summed E-state index contributed by atoms with van der Waals surface area (Å²) in [5.41, 5.74) is 0. The van der Waals surface area contributed by atoms with E-state index in [1.807, 2.05) is 0 Å². The van der Waals surface area contributed by atoms with Gasteiger partial charge in [0.2, 0.25) is 5.79 Å². The fourth-order valence-corrected chi connectivity index (χ4v) is 2.63. The third-order valence-corrected chi connectivity index (χ3v) is 4.07. The van der Waals surface area contributed by atoms with Gasteiger partial charge in [-0.25, -0.2) is 0 Å². The van der Waals surface area contributed by atoms with Crippen LogP contribution in [0.5, 0.6) is 0 Å². The first-order valence-corrected chi connectivity index (χ1v) is 7.05. The highest BCUT2D eigenvalue weighted by atomic mass is 27.0. The molecule has 0 aromatic carbocycles. The molecule has 12 heteroatoms. The molecule has 142 valence electrons. The van der Waals surface area contributed by atoms with Crippen molar-refractivity contribution in [3.05, 3.63) is 0 Å². The average Bonchev–Trinajstić information content (AvgIpc) is 2.80. The average molecular weight is 372 g/mol. The summed E-state index contributed by atoms with van der Waals surface area (Å²) in [4.78, 5) is 0. The van der Waals surface area contributed by atoms with Crippen molar-refractivity contribution in [2.45, 2.75) is 54.8 Å². The minimum Gasteiger partial charge on any atom is -0.394 e. The van der Waals surface area contributed by atoms with Gasteiger partial charge in [-0.3, -0.25) is 0 Å².